The Hall–Kier alpha value is -3.41. The van der Waals surface area contributed by atoms with Gasteiger partial charge in [-0.25, -0.2) is 17.9 Å². The van der Waals surface area contributed by atoms with Gasteiger partial charge in [0, 0.05) is 17.1 Å². The predicted octanol–water partition coefficient (Wildman–Crippen LogP) is 3.82. The van der Waals surface area contributed by atoms with E-state index in [2.05, 4.69) is 15.3 Å². The molecule has 0 atom stereocenters. The average molecular weight is 491 g/mol. The lowest BCUT2D eigenvalue weighted by Gasteiger charge is -2.08. The van der Waals surface area contributed by atoms with Crippen LogP contribution in [-0.4, -0.2) is 31.5 Å². The fourth-order valence-corrected chi connectivity index (χ4v) is 5.30. The second kappa shape index (κ2) is 8.61. The Morgan fingerprint density at radius 3 is 2.66 bits per heavy atom. The Bertz CT molecular complexity index is 1480. The molecular weight excluding hydrogens is 476 g/mol. The molecule has 0 radical (unpaired) electrons. The molecule has 0 aliphatic carbocycles. The van der Waals surface area contributed by atoms with Crippen LogP contribution in [0.1, 0.15) is 0 Å². The number of ether oxygens (including phenoxy) is 1. The molecule has 4 aromatic rings. The maximum Gasteiger partial charge on any atom is 0.333 e. The number of thiophene rings is 1. The van der Waals surface area contributed by atoms with Crippen LogP contribution in [0.3, 0.4) is 0 Å². The number of urea groups is 1. The first-order chi connectivity index (χ1) is 15.3. The minimum absolute atomic E-state index is 0.0849. The number of carbonyl (C=O) groups is 1. The number of anilines is 1. The fourth-order valence-electron chi connectivity index (χ4n) is 2.91. The third-order valence-corrected chi connectivity index (χ3v) is 7.48. The van der Waals surface area contributed by atoms with Gasteiger partial charge in [0.05, 0.1) is 34.6 Å². The third kappa shape index (κ3) is 4.44. The van der Waals surface area contributed by atoms with Gasteiger partial charge in [0.15, 0.2) is 5.43 Å². The topological polar surface area (TPSA) is 130 Å². The van der Waals surface area contributed by atoms with Crippen molar-refractivity contribution in [2.24, 2.45) is 0 Å². The zero-order chi connectivity index (χ0) is 22.9. The number of sulfonamides is 1. The maximum absolute atomic E-state index is 12.9. The van der Waals surface area contributed by atoms with Crippen LogP contribution < -0.4 is 20.2 Å². The van der Waals surface area contributed by atoms with Crippen LogP contribution in [0.25, 0.3) is 22.2 Å². The second-order valence-electron chi connectivity index (χ2n) is 6.49. The number of nitrogens with one attached hydrogen (secondary N) is 3. The average Bonchev–Trinajstić information content (AvgIpc) is 3.21. The number of fused-ring (bicyclic) bond motifs is 1. The largest absolute Gasteiger partial charge is 0.497 e. The quantitative estimate of drug-likeness (QED) is 0.390. The third-order valence-electron chi connectivity index (χ3n) is 4.43. The van der Waals surface area contributed by atoms with Gasteiger partial charge in [-0.15, -0.1) is 11.3 Å². The van der Waals surface area contributed by atoms with E-state index in [1.165, 1.54) is 31.5 Å². The standard InChI is InChI=1S/C20H15ClN4O5S2/c1-30-12-3-5-15-13(8-12)19(26)14(10-23-15)16-4-2-11(9-22-16)24-20(27)25-32(28,29)18-7-6-17(21)31-18/h2-10H,1H3,(H,23,26)(H2,24,25,27). The second-order valence-corrected chi connectivity index (χ2v) is 10.1. The first-order valence-electron chi connectivity index (χ1n) is 9.02. The van der Waals surface area contributed by atoms with Gasteiger partial charge < -0.3 is 15.0 Å². The van der Waals surface area contributed by atoms with E-state index in [1.54, 1.807) is 30.5 Å². The van der Waals surface area contributed by atoms with Gasteiger partial charge in [-0.3, -0.25) is 9.78 Å². The summed E-state index contributed by atoms with van der Waals surface area (Å²) in [5.74, 6) is 0.554. The molecular formula is C20H15ClN4O5S2. The number of halogens is 1. The molecule has 4 rings (SSSR count). The van der Waals surface area contributed by atoms with Gasteiger partial charge >= 0.3 is 6.03 Å². The Morgan fingerprint density at radius 2 is 2.00 bits per heavy atom. The summed E-state index contributed by atoms with van der Waals surface area (Å²) in [6, 6.07) is 9.94. The van der Waals surface area contributed by atoms with Crippen molar-refractivity contribution < 1.29 is 17.9 Å². The van der Waals surface area contributed by atoms with E-state index in [-0.39, 0.29) is 19.7 Å². The van der Waals surface area contributed by atoms with Gasteiger partial charge in [-0.2, -0.15) is 0 Å². The van der Waals surface area contributed by atoms with Gasteiger partial charge in [-0.05, 0) is 42.5 Å². The van der Waals surface area contributed by atoms with Gasteiger partial charge in [0.25, 0.3) is 10.0 Å². The Labute approximate surface area is 191 Å². The molecule has 9 nitrogen and oxygen atoms in total. The highest BCUT2D eigenvalue weighted by Crippen LogP contribution is 2.25. The van der Waals surface area contributed by atoms with Crippen molar-refractivity contribution in [3.05, 3.63) is 69.4 Å². The Morgan fingerprint density at radius 1 is 1.19 bits per heavy atom. The molecule has 0 spiro atoms. The lowest BCUT2D eigenvalue weighted by molar-refractivity contribution is 0.256. The van der Waals surface area contributed by atoms with Crippen LogP contribution in [-0.2, 0) is 10.0 Å². The molecule has 1 aromatic carbocycles. The number of aromatic nitrogens is 2. The monoisotopic (exact) mass is 490 g/mol. The number of nitrogens with zero attached hydrogens (tertiary/aromatic N) is 1. The Balaban J connectivity index is 1.53. The van der Waals surface area contributed by atoms with Crippen molar-refractivity contribution in [3.63, 3.8) is 0 Å². The number of methoxy groups -OCH3 is 1. The molecule has 0 aliphatic rings. The van der Waals surface area contributed by atoms with E-state index in [4.69, 9.17) is 16.3 Å². The molecule has 3 heterocycles. The summed E-state index contributed by atoms with van der Waals surface area (Å²) in [6.07, 6.45) is 2.87. The van der Waals surface area contributed by atoms with E-state index in [0.717, 1.165) is 11.3 Å². The van der Waals surface area contributed by atoms with Crippen molar-refractivity contribution in [1.29, 1.82) is 0 Å². The van der Waals surface area contributed by atoms with Crippen molar-refractivity contribution in [2.75, 3.05) is 12.4 Å². The number of aromatic amines is 1. The minimum atomic E-state index is -4.05. The molecule has 2 amide bonds. The number of pyridine rings is 2. The predicted molar refractivity (Wildman–Crippen MR) is 123 cm³/mol. The number of amides is 2. The lowest BCUT2D eigenvalue weighted by Crippen LogP contribution is -2.33. The highest BCUT2D eigenvalue weighted by Gasteiger charge is 2.20. The maximum atomic E-state index is 12.9. The molecule has 0 bridgehead atoms. The van der Waals surface area contributed by atoms with Crippen LogP contribution in [0.4, 0.5) is 10.5 Å². The lowest BCUT2D eigenvalue weighted by atomic mass is 10.1. The van der Waals surface area contributed by atoms with Gasteiger partial charge in [0.1, 0.15) is 9.96 Å². The molecule has 164 valence electrons. The highest BCUT2D eigenvalue weighted by atomic mass is 35.5. The van der Waals surface area contributed by atoms with Crippen molar-refractivity contribution in [1.82, 2.24) is 14.7 Å². The molecule has 12 heteroatoms. The normalized spacial score (nSPS) is 11.3. The molecule has 3 aromatic heterocycles. The summed E-state index contributed by atoms with van der Waals surface area (Å²) in [5, 5.41) is 2.84. The van der Waals surface area contributed by atoms with E-state index < -0.39 is 16.1 Å². The zero-order valence-electron chi connectivity index (χ0n) is 16.4. The minimum Gasteiger partial charge on any atom is -0.497 e. The van der Waals surface area contributed by atoms with E-state index in [1.807, 2.05) is 4.72 Å². The molecule has 32 heavy (non-hydrogen) atoms. The number of hydrogen-bond donors (Lipinski definition) is 3. The number of hydrogen-bond acceptors (Lipinski definition) is 7. The van der Waals surface area contributed by atoms with Crippen molar-refractivity contribution in [3.8, 4) is 17.0 Å². The number of H-pyrrole nitrogens is 1. The zero-order valence-corrected chi connectivity index (χ0v) is 18.8. The van der Waals surface area contributed by atoms with Crippen LogP contribution in [0.5, 0.6) is 5.75 Å². The molecule has 3 N–H and O–H groups in total. The summed E-state index contributed by atoms with van der Waals surface area (Å²) in [4.78, 5) is 32.2. The highest BCUT2D eigenvalue weighted by molar-refractivity contribution is 7.92. The Kier molecular flexibility index (Phi) is 5.87. The van der Waals surface area contributed by atoms with Crippen molar-refractivity contribution in [2.45, 2.75) is 4.21 Å². The van der Waals surface area contributed by atoms with E-state index in [0.29, 0.717) is 27.9 Å². The summed E-state index contributed by atoms with van der Waals surface area (Å²) in [7, 11) is -2.53. The number of rotatable bonds is 5. The van der Waals surface area contributed by atoms with Crippen molar-refractivity contribution >= 4 is 55.6 Å². The first kappa shape index (κ1) is 21.8. The van der Waals surface area contributed by atoms with Crippen LogP contribution in [0, 0.1) is 0 Å². The van der Waals surface area contributed by atoms with Gasteiger partial charge in [0.2, 0.25) is 0 Å². The van der Waals surface area contributed by atoms with Crippen LogP contribution in [0.15, 0.2) is 63.9 Å². The number of benzene rings is 1. The smallest absolute Gasteiger partial charge is 0.333 e. The van der Waals surface area contributed by atoms with Crippen LogP contribution in [0.2, 0.25) is 4.34 Å². The molecule has 0 saturated heterocycles. The molecule has 0 fully saturated rings. The summed E-state index contributed by atoms with van der Waals surface area (Å²) >= 11 is 6.57. The summed E-state index contributed by atoms with van der Waals surface area (Å²) in [5.41, 5.74) is 1.37. The summed E-state index contributed by atoms with van der Waals surface area (Å²) < 4.78 is 31.7. The van der Waals surface area contributed by atoms with Crippen LogP contribution >= 0.6 is 22.9 Å². The molecule has 0 aliphatic heterocycles. The summed E-state index contributed by atoms with van der Waals surface area (Å²) in [6.45, 7) is 0. The molecule has 0 unspecified atom stereocenters. The number of carbonyl (C=O) groups excluding carboxylic acids is 1. The van der Waals surface area contributed by atoms with E-state index >= 15 is 0 Å². The van der Waals surface area contributed by atoms with E-state index in [9.17, 15) is 18.0 Å². The molecule has 0 saturated carbocycles. The first-order valence-corrected chi connectivity index (χ1v) is 11.7. The fraction of sp³-hybridized carbons (Fsp3) is 0.0500. The SMILES string of the molecule is COc1ccc2[nH]cc(-c3ccc(NC(=O)NS(=O)(=O)c4ccc(Cl)s4)cn3)c(=O)c2c1. The van der Waals surface area contributed by atoms with Gasteiger partial charge in [-0.1, -0.05) is 11.6 Å².